The van der Waals surface area contributed by atoms with Crippen molar-refractivity contribution in [3.8, 4) is 17.2 Å². The van der Waals surface area contributed by atoms with E-state index in [4.69, 9.17) is 23.7 Å². The molecule has 0 aliphatic carbocycles. The van der Waals surface area contributed by atoms with E-state index in [1.54, 1.807) is 53.7 Å². The number of imide groups is 1. The standard InChI is InChI=1S/C36H46N2O10S/c1-20-21(2)31-29(22(3)30(20)44-18-28(40)47-35(7,8)9)25(37-43)16-36(10,48-31)19-45-24-13-11-23(12-14-24)15-26-32(41)38(33(42)49-26)17-27(39)46-34(4,5)6/h11-14,26,43H,15-19H2,1-10H3. The van der Waals surface area contributed by atoms with Gasteiger partial charge in [0.15, 0.2) is 6.61 Å². The lowest BCUT2D eigenvalue weighted by Gasteiger charge is -2.38. The maximum Gasteiger partial charge on any atom is 0.344 e. The lowest BCUT2D eigenvalue weighted by atomic mass is 9.86. The number of fused-ring (bicyclic) bond motifs is 1. The van der Waals surface area contributed by atoms with E-state index >= 15 is 0 Å². The van der Waals surface area contributed by atoms with Crippen molar-refractivity contribution >= 4 is 40.6 Å². The fourth-order valence-corrected chi connectivity index (χ4v) is 6.65. The zero-order valence-electron chi connectivity index (χ0n) is 29.8. The molecular formula is C36H46N2O10S. The van der Waals surface area contributed by atoms with Gasteiger partial charge >= 0.3 is 11.9 Å². The zero-order chi connectivity index (χ0) is 36.5. The van der Waals surface area contributed by atoms with Gasteiger partial charge in [-0.1, -0.05) is 29.1 Å². The summed E-state index contributed by atoms with van der Waals surface area (Å²) < 4.78 is 29.2. The molecule has 0 saturated carbocycles. The monoisotopic (exact) mass is 698 g/mol. The van der Waals surface area contributed by atoms with Crippen LogP contribution in [0.4, 0.5) is 4.79 Å². The third-order valence-electron chi connectivity index (χ3n) is 7.84. The van der Waals surface area contributed by atoms with Gasteiger partial charge < -0.3 is 28.9 Å². The summed E-state index contributed by atoms with van der Waals surface area (Å²) in [4.78, 5) is 50.9. The quantitative estimate of drug-likeness (QED) is 0.175. The van der Waals surface area contributed by atoms with E-state index < -0.39 is 51.7 Å². The Labute approximate surface area is 291 Å². The first-order valence-corrected chi connectivity index (χ1v) is 16.9. The summed E-state index contributed by atoms with van der Waals surface area (Å²) in [6.45, 7) is 17.4. The lowest BCUT2D eigenvalue weighted by molar-refractivity contribution is -0.158. The molecule has 12 nitrogen and oxygen atoms in total. The highest BCUT2D eigenvalue weighted by molar-refractivity contribution is 8.15. The number of hydrogen-bond donors (Lipinski definition) is 1. The van der Waals surface area contributed by atoms with Crippen molar-refractivity contribution in [1.29, 1.82) is 0 Å². The second-order valence-electron chi connectivity index (χ2n) is 14.6. The molecule has 0 radical (unpaired) electrons. The number of amides is 2. The van der Waals surface area contributed by atoms with Gasteiger partial charge in [0, 0.05) is 17.5 Å². The average Bonchev–Trinajstić information content (AvgIpc) is 3.24. The van der Waals surface area contributed by atoms with Crippen LogP contribution in [0.15, 0.2) is 29.4 Å². The fourth-order valence-electron chi connectivity index (χ4n) is 5.62. The molecule has 0 bridgehead atoms. The molecule has 2 atom stereocenters. The number of hydrogen-bond acceptors (Lipinski definition) is 12. The number of ether oxygens (including phenoxy) is 5. The molecule has 2 amide bonds. The Balaban J connectivity index is 1.40. The second kappa shape index (κ2) is 14.3. The van der Waals surface area contributed by atoms with Crippen LogP contribution in [-0.2, 0) is 30.3 Å². The summed E-state index contributed by atoms with van der Waals surface area (Å²) in [5.41, 5.74) is 1.82. The van der Waals surface area contributed by atoms with E-state index in [-0.39, 0.29) is 19.6 Å². The van der Waals surface area contributed by atoms with Crippen molar-refractivity contribution in [2.75, 3.05) is 19.8 Å². The Hall–Kier alpha value is -4.26. The van der Waals surface area contributed by atoms with Crippen LogP contribution in [-0.4, -0.2) is 80.7 Å². The van der Waals surface area contributed by atoms with Gasteiger partial charge in [-0.25, -0.2) is 4.79 Å². The number of benzene rings is 2. The fraction of sp³-hybridized carbons (Fsp3) is 0.528. The predicted molar refractivity (Wildman–Crippen MR) is 184 cm³/mol. The van der Waals surface area contributed by atoms with Gasteiger partial charge in [-0.2, -0.15) is 0 Å². The van der Waals surface area contributed by atoms with Crippen LogP contribution in [0.3, 0.4) is 0 Å². The van der Waals surface area contributed by atoms with Gasteiger partial charge in [0.25, 0.3) is 5.24 Å². The minimum absolute atomic E-state index is 0.129. The minimum Gasteiger partial charge on any atom is -0.489 e. The highest BCUT2D eigenvalue weighted by Crippen LogP contribution is 2.44. The largest absolute Gasteiger partial charge is 0.489 e. The number of carbonyl (C=O) groups excluding carboxylic acids is 4. The van der Waals surface area contributed by atoms with E-state index in [1.165, 1.54) is 0 Å². The van der Waals surface area contributed by atoms with Crippen molar-refractivity contribution in [2.24, 2.45) is 5.16 Å². The molecule has 266 valence electrons. The molecule has 1 fully saturated rings. The molecule has 4 rings (SSSR count). The number of carbonyl (C=O) groups is 4. The molecule has 0 aromatic heterocycles. The van der Waals surface area contributed by atoms with Gasteiger partial charge in [0.05, 0.1) is 11.0 Å². The van der Waals surface area contributed by atoms with Gasteiger partial charge in [-0.15, -0.1) is 0 Å². The highest BCUT2D eigenvalue weighted by Gasteiger charge is 2.42. The Bertz CT molecular complexity index is 1660. The average molecular weight is 699 g/mol. The molecule has 1 saturated heterocycles. The Morgan fingerprint density at radius 1 is 0.959 bits per heavy atom. The Kier molecular flexibility index (Phi) is 11.0. The van der Waals surface area contributed by atoms with Crippen molar-refractivity contribution in [3.05, 3.63) is 52.1 Å². The maximum absolute atomic E-state index is 12.9. The van der Waals surface area contributed by atoms with Gasteiger partial charge in [-0.3, -0.25) is 19.3 Å². The summed E-state index contributed by atoms with van der Waals surface area (Å²) in [6, 6.07) is 7.18. The van der Waals surface area contributed by atoms with Crippen LogP contribution >= 0.6 is 11.8 Å². The molecule has 2 aliphatic rings. The molecule has 2 unspecified atom stereocenters. The van der Waals surface area contributed by atoms with Crippen LogP contribution < -0.4 is 14.2 Å². The normalized spacial score (nSPS) is 20.2. The molecule has 1 N–H and O–H groups in total. The summed E-state index contributed by atoms with van der Waals surface area (Å²) in [7, 11) is 0. The van der Waals surface area contributed by atoms with E-state index in [0.29, 0.717) is 40.5 Å². The van der Waals surface area contributed by atoms with Crippen LogP contribution in [0.1, 0.15) is 82.7 Å². The number of thioether (sulfide) groups is 1. The van der Waals surface area contributed by atoms with E-state index in [2.05, 4.69) is 5.16 Å². The van der Waals surface area contributed by atoms with Crippen LogP contribution in [0.5, 0.6) is 17.2 Å². The van der Waals surface area contributed by atoms with Crippen molar-refractivity contribution in [2.45, 2.75) is 104 Å². The number of esters is 2. The third-order valence-corrected chi connectivity index (χ3v) is 8.92. The topological polar surface area (TPSA) is 150 Å². The Morgan fingerprint density at radius 3 is 2.16 bits per heavy atom. The Morgan fingerprint density at radius 2 is 1.57 bits per heavy atom. The molecule has 2 aromatic rings. The molecule has 49 heavy (non-hydrogen) atoms. The third kappa shape index (κ3) is 9.26. The first-order chi connectivity index (χ1) is 22.7. The van der Waals surface area contributed by atoms with E-state index in [9.17, 15) is 24.4 Å². The zero-order valence-corrected chi connectivity index (χ0v) is 30.7. The van der Waals surface area contributed by atoms with Crippen molar-refractivity contribution in [3.63, 3.8) is 0 Å². The number of rotatable bonds is 10. The van der Waals surface area contributed by atoms with Gasteiger partial charge in [0.2, 0.25) is 5.91 Å². The van der Waals surface area contributed by atoms with Crippen LogP contribution in [0, 0.1) is 20.8 Å². The second-order valence-corrected chi connectivity index (χ2v) is 15.7. The summed E-state index contributed by atoms with van der Waals surface area (Å²) in [6.07, 6.45) is 0.536. The molecule has 0 spiro atoms. The number of nitrogens with zero attached hydrogens (tertiary/aromatic N) is 2. The lowest BCUT2D eigenvalue weighted by Crippen LogP contribution is -2.45. The van der Waals surface area contributed by atoms with Crippen molar-refractivity contribution < 1.29 is 48.1 Å². The van der Waals surface area contributed by atoms with Gasteiger partial charge in [0.1, 0.15) is 47.2 Å². The maximum atomic E-state index is 12.9. The summed E-state index contributed by atoms with van der Waals surface area (Å²) in [5, 5.41) is 12.6. The molecular weight excluding hydrogens is 652 g/mol. The van der Waals surface area contributed by atoms with Crippen molar-refractivity contribution in [1.82, 2.24) is 4.90 Å². The van der Waals surface area contributed by atoms with E-state index in [0.717, 1.165) is 33.4 Å². The van der Waals surface area contributed by atoms with Gasteiger partial charge in [-0.05, 0) is 104 Å². The minimum atomic E-state index is -0.888. The summed E-state index contributed by atoms with van der Waals surface area (Å²) in [5.74, 6) is 0.0638. The number of oxime groups is 1. The molecule has 2 aromatic carbocycles. The highest BCUT2D eigenvalue weighted by atomic mass is 32.2. The van der Waals surface area contributed by atoms with Crippen LogP contribution in [0.25, 0.3) is 0 Å². The molecule has 2 heterocycles. The SMILES string of the molecule is Cc1c(C)c2c(c(C)c1OCC(=O)OC(C)(C)C)C(=NO)CC(C)(COc1ccc(CC3SC(=O)N(CC(=O)OC(C)(C)C)C3=O)cc1)O2. The predicted octanol–water partition coefficient (Wildman–Crippen LogP) is 6.08. The first kappa shape index (κ1) is 37.6. The smallest absolute Gasteiger partial charge is 0.344 e. The summed E-state index contributed by atoms with van der Waals surface area (Å²) >= 11 is 0.897. The molecule has 2 aliphatic heterocycles. The molecule has 13 heteroatoms. The van der Waals surface area contributed by atoms with E-state index in [1.807, 2.05) is 39.8 Å². The first-order valence-electron chi connectivity index (χ1n) is 16.0. The van der Waals surface area contributed by atoms with Crippen LogP contribution in [0.2, 0.25) is 0 Å².